The van der Waals surface area contributed by atoms with Crippen LogP contribution in [0.25, 0.3) is 0 Å². The largest absolute Gasteiger partial charge is 0.491 e. The molecular formula is C22H23F6NO3. The molecule has 10 heteroatoms. The van der Waals surface area contributed by atoms with Crippen molar-refractivity contribution in [2.45, 2.75) is 37.4 Å². The maximum atomic E-state index is 12.7. The van der Waals surface area contributed by atoms with Crippen LogP contribution >= 0.6 is 0 Å². The standard InChI is InChI=1S/C22H23F6NO3/c23-21(24,25)15-4-6-18(7-5-15)32-19-8-10-29(11-9-19)13-17(30)14-31-20-3-1-2-16(12-20)22(26,27)28/h1-7,12,17,19,30H,8-11,13-14H2. The topological polar surface area (TPSA) is 41.9 Å². The molecule has 0 spiro atoms. The summed E-state index contributed by atoms with van der Waals surface area (Å²) in [4.78, 5) is 1.98. The quantitative estimate of drug-likeness (QED) is 0.587. The van der Waals surface area contributed by atoms with Gasteiger partial charge in [-0.3, -0.25) is 0 Å². The molecule has 0 aliphatic carbocycles. The summed E-state index contributed by atoms with van der Waals surface area (Å²) in [5.41, 5.74) is -1.55. The van der Waals surface area contributed by atoms with Crippen LogP contribution in [0.2, 0.25) is 0 Å². The molecule has 0 bridgehead atoms. The molecule has 1 saturated heterocycles. The van der Waals surface area contributed by atoms with Crippen LogP contribution in [0.15, 0.2) is 48.5 Å². The molecule has 1 aliphatic rings. The highest BCUT2D eigenvalue weighted by molar-refractivity contribution is 5.30. The molecule has 0 radical (unpaired) electrons. The molecule has 1 heterocycles. The van der Waals surface area contributed by atoms with Gasteiger partial charge in [0, 0.05) is 19.6 Å². The highest BCUT2D eigenvalue weighted by atomic mass is 19.4. The Kier molecular flexibility index (Phi) is 7.55. The zero-order valence-corrected chi connectivity index (χ0v) is 17.0. The van der Waals surface area contributed by atoms with Crippen molar-refractivity contribution in [3.8, 4) is 11.5 Å². The first kappa shape index (κ1) is 24.2. The van der Waals surface area contributed by atoms with Crippen molar-refractivity contribution in [1.82, 2.24) is 4.90 Å². The Morgan fingerprint density at radius 2 is 1.50 bits per heavy atom. The summed E-state index contributed by atoms with van der Waals surface area (Å²) in [6.07, 6.45) is -8.65. The molecular weight excluding hydrogens is 440 g/mol. The number of rotatable bonds is 7. The highest BCUT2D eigenvalue weighted by Crippen LogP contribution is 2.32. The third-order valence-electron chi connectivity index (χ3n) is 5.09. The Balaban J connectivity index is 1.40. The summed E-state index contributed by atoms with van der Waals surface area (Å²) in [7, 11) is 0. The van der Waals surface area contributed by atoms with E-state index >= 15 is 0 Å². The van der Waals surface area contributed by atoms with E-state index in [9.17, 15) is 31.4 Å². The van der Waals surface area contributed by atoms with Crippen LogP contribution in [0.5, 0.6) is 11.5 Å². The van der Waals surface area contributed by atoms with E-state index in [2.05, 4.69) is 0 Å². The highest BCUT2D eigenvalue weighted by Gasteiger charge is 2.31. The van der Waals surface area contributed by atoms with Gasteiger partial charge in [-0.15, -0.1) is 0 Å². The molecule has 0 amide bonds. The minimum Gasteiger partial charge on any atom is -0.491 e. The molecule has 32 heavy (non-hydrogen) atoms. The molecule has 1 fully saturated rings. The lowest BCUT2D eigenvalue weighted by Gasteiger charge is -2.33. The Labute approximate surface area is 181 Å². The van der Waals surface area contributed by atoms with E-state index in [0.717, 1.165) is 24.3 Å². The molecule has 4 nitrogen and oxygen atoms in total. The normalized spacial score (nSPS) is 17.2. The first-order valence-corrected chi connectivity index (χ1v) is 10.0. The number of hydrogen-bond donors (Lipinski definition) is 1. The van der Waals surface area contributed by atoms with Crippen molar-refractivity contribution in [2.24, 2.45) is 0 Å². The molecule has 1 unspecified atom stereocenters. The number of piperidine rings is 1. The van der Waals surface area contributed by atoms with Crippen LogP contribution in [-0.4, -0.2) is 48.5 Å². The summed E-state index contributed by atoms with van der Waals surface area (Å²) >= 11 is 0. The Hall–Kier alpha value is -2.46. The van der Waals surface area contributed by atoms with Crippen molar-refractivity contribution in [2.75, 3.05) is 26.2 Å². The number of alkyl halides is 6. The second-order valence-electron chi connectivity index (χ2n) is 7.63. The van der Waals surface area contributed by atoms with Gasteiger partial charge >= 0.3 is 12.4 Å². The number of halogens is 6. The summed E-state index contributed by atoms with van der Waals surface area (Å²) < 4.78 is 87.1. The SMILES string of the molecule is OC(COc1cccc(C(F)(F)F)c1)CN1CCC(Oc2ccc(C(F)(F)F)cc2)CC1. The number of benzene rings is 2. The molecule has 2 aromatic rings. The average Bonchev–Trinajstić information content (AvgIpc) is 2.73. The zero-order valence-electron chi connectivity index (χ0n) is 17.0. The smallest absolute Gasteiger partial charge is 0.416 e. The molecule has 2 aromatic carbocycles. The van der Waals surface area contributed by atoms with Crippen LogP contribution in [0.3, 0.4) is 0 Å². The minimum atomic E-state index is -4.47. The number of likely N-dealkylation sites (tertiary alicyclic amines) is 1. The van der Waals surface area contributed by atoms with Gasteiger partial charge in [-0.2, -0.15) is 26.3 Å². The number of aliphatic hydroxyl groups is 1. The van der Waals surface area contributed by atoms with Crippen LogP contribution in [0.4, 0.5) is 26.3 Å². The lowest BCUT2D eigenvalue weighted by Crippen LogP contribution is -2.43. The number of β-amino-alcohol motifs (C(OH)–C–C–N with tert-alkyl or cyclic N) is 1. The molecule has 176 valence electrons. The maximum Gasteiger partial charge on any atom is 0.416 e. The van der Waals surface area contributed by atoms with Gasteiger partial charge in [0.2, 0.25) is 0 Å². The van der Waals surface area contributed by atoms with Crippen LogP contribution in [0, 0.1) is 0 Å². The van der Waals surface area contributed by atoms with E-state index in [4.69, 9.17) is 9.47 Å². The summed E-state index contributed by atoms with van der Waals surface area (Å²) in [6.45, 7) is 1.34. The van der Waals surface area contributed by atoms with Crippen molar-refractivity contribution < 1.29 is 40.9 Å². The van der Waals surface area contributed by atoms with E-state index < -0.39 is 29.6 Å². The average molecular weight is 463 g/mol. The first-order valence-electron chi connectivity index (χ1n) is 10.0. The number of hydrogen-bond acceptors (Lipinski definition) is 4. The molecule has 0 saturated carbocycles. The predicted octanol–water partition coefficient (Wildman–Crippen LogP) is 5.01. The van der Waals surface area contributed by atoms with Crippen LogP contribution < -0.4 is 9.47 Å². The summed E-state index contributed by atoms with van der Waals surface area (Å²) in [5, 5.41) is 10.2. The zero-order chi connectivity index (χ0) is 23.4. The van der Waals surface area contributed by atoms with E-state index in [1.807, 2.05) is 4.90 Å². The summed E-state index contributed by atoms with van der Waals surface area (Å²) in [5.74, 6) is 0.397. The van der Waals surface area contributed by atoms with Gasteiger partial charge in [0.15, 0.2) is 0 Å². The second-order valence-corrected chi connectivity index (χ2v) is 7.63. The lowest BCUT2D eigenvalue weighted by atomic mass is 10.1. The summed E-state index contributed by atoms with van der Waals surface area (Å²) in [6, 6.07) is 9.01. The Morgan fingerprint density at radius 1 is 0.875 bits per heavy atom. The molecule has 1 N–H and O–H groups in total. The van der Waals surface area contributed by atoms with E-state index in [-0.39, 0.29) is 25.0 Å². The minimum absolute atomic E-state index is 0.0301. The van der Waals surface area contributed by atoms with Crippen molar-refractivity contribution in [3.63, 3.8) is 0 Å². The van der Waals surface area contributed by atoms with Crippen molar-refractivity contribution >= 4 is 0 Å². The van der Waals surface area contributed by atoms with Gasteiger partial charge in [-0.05, 0) is 55.3 Å². The van der Waals surface area contributed by atoms with Gasteiger partial charge in [-0.25, -0.2) is 0 Å². The Bertz CT molecular complexity index is 861. The monoisotopic (exact) mass is 463 g/mol. The van der Waals surface area contributed by atoms with Gasteiger partial charge < -0.3 is 19.5 Å². The first-order chi connectivity index (χ1) is 15.0. The van der Waals surface area contributed by atoms with Gasteiger partial charge in [0.05, 0.1) is 11.1 Å². The predicted molar refractivity (Wildman–Crippen MR) is 104 cm³/mol. The van der Waals surface area contributed by atoms with Crippen LogP contribution in [-0.2, 0) is 12.4 Å². The number of ether oxygens (including phenoxy) is 2. The fourth-order valence-corrected chi connectivity index (χ4v) is 3.43. The van der Waals surface area contributed by atoms with E-state index in [0.29, 0.717) is 31.7 Å². The van der Waals surface area contributed by atoms with Crippen LogP contribution in [0.1, 0.15) is 24.0 Å². The van der Waals surface area contributed by atoms with E-state index in [1.54, 1.807) is 0 Å². The Morgan fingerprint density at radius 3 is 2.09 bits per heavy atom. The van der Waals surface area contributed by atoms with Crippen molar-refractivity contribution in [3.05, 3.63) is 59.7 Å². The third kappa shape index (κ3) is 7.03. The van der Waals surface area contributed by atoms with E-state index in [1.165, 1.54) is 24.3 Å². The molecule has 1 atom stereocenters. The lowest BCUT2D eigenvalue weighted by molar-refractivity contribution is -0.138. The molecule has 0 aromatic heterocycles. The fraction of sp³-hybridized carbons (Fsp3) is 0.455. The fourth-order valence-electron chi connectivity index (χ4n) is 3.43. The van der Waals surface area contributed by atoms with Gasteiger partial charge in [0.25, 0.3) is 0 Å². The molecule has 3 rings (SSSR count). The molecule has 1 aliphatic heterocycles. The van der Waals surface area contributed by atoms with Crippen molar-refractivity contribution in [1.29, 1.82) is 0 Å². The van der Waals surface area contributed by atoms with Gasteiger partial charge in [-0.1, -0.05) is 6.07 Å². The maximum absolute atomic E-state index is 12.7. The second kappa shape index (κ2) is 9.99. The van der Waals surface area contributed by atoms with Gasteiger partial charge in [0.1, 0.15) is 30.3 Å². The number of aliphatic hydroxyl groups excluding tert-OH is 1. The number of nitrogens with zero attached hydrogens (tertiary/aromatic N) is 1. The third-order valence-corrected chi connectivity index (χ3v) is 5.09.